The Bertz CT molecular complexity index is 267. The summed E-state index contributed by atoms with van der Waals surface area (Å²) in [7, 11) is 0. The van der Waals surface area contributed by atoms with Crippen molar-refractivity contribution in [3.8, 4) is 0 Å². The number of hydrogen-bond donors (Lipinski definition) is 4. The summed E-state index contributed by atoms with van der Waals surface area (Å²) in [6.45, 7) is 3.71. The van der Waals surface area contributed by atoms with Gasteiger partial charge in [-0.25, -0.2) is 9.59 Å². The predicted molar refractivity (Wildman–Crippen MR) is 56.9 cm³/mol. The first-order chi connectivity index (χ1) is 7.51. The third-order valence-electron chi connectivity index (χ3n) is 1.80. The van der Waals surface area contributed by atoms with Crippen molar-refractivity contribution in [1.29, 1.82) is 0 Å². The maximum absolute atomic E-state index is 11.2. The van der Waals surface area contributed by atoms with Gasteiger partial charge in [0.05, 0.1) is 6.54 Å². The summed E-state index contributed by atoms with van der Waals surface area (Å²) in [5.74, 6) is -1.42. The van der Waals surface area contributed by atoms with Crippen LogP contribution in [-0.4, -0.2) is 42.1 Å². The fourth-order valence-electron chi connectivity index (χ4n) is 0.968. The average molecular weight is 231 g/mol. The molecule has 3 amide bonds. The quantitative estimate of drug-likeness (QED) is 0.484. The lowest BCUT2D eigenvalue weighted by Gasteiger charge is -2.12. The van der Waals surface area contributed by atoms with Crippen LogP contribution in [-0.2, 0) is 9.59 Å². The number of nitrogens with one attached hydrogen (secondary N) is 3. The van der Waals surface area contributed by atoms with Crippen molar-refractivity contribution in [3.63, 3.8) is 0 Å². The maximum atomic E-state index is 11.2. The van der Waals surface area contributed by atoms with Crippen LogP contribution in [0.4, 0.5) is 4.79 Å². The molecule has 7 heteroatoms. The molecule has 0 aromatic rings. The number of likely N-dealkylation sites (N-methyl/N-ethyl adjacent to an activating group) is 1. The SMILES string of the molecule is CCNC(=O)CNC(=O)N[C@H](CC)C(=O)O. The number of carbonyl (C=O) groups excluding carboxylic acids is 2. The van der Waals surface area contributed by atoms with Crippen LogP contribution in [0.15, 0.2) is 0 Å². The normalized spacial score (nSPS) is 11.4. The maximum Gasteiger partial charge on any atom is 0.326 e. The fourth-order valence-corrected chi connectivity index (χ4v) is 0.968. The minimum Gasteiger partial charge on any atom is -0.480 e. The van der Waals surface area contributed by atoms with Crippen LogP contribution in [0, 0.1) is 0 Å². The molecular formula is C9H17N3O4. The Labute approximate surface area is 93.6 Å². The van der Waals surface area contributed by atoms with E-state index in [9.17, 15) is 14.4 Å². The molecular weight excluding hydrogens is 214 g/mol. The van der Waals surface area contributed by atoms with Crippen molar-refractivity contribution < 1.29 is 19.5 Å². The second-order valence-corrected chi connectivity index (χ2v) is 3.08. The first-order valence-electron chi connectivity index (χ1n) is 5.05. The zero-order valence-electron chi connectivity index (χ0n) is 9.37. The summed E-state index contributed by atoms with van der Waals surface area (Å²) in [5, 5.41) is 15.7. The smallest absolute Gasteiger partial charge is 0.326 e. The van der Waals surface area contributed by atoms with Gasteiger partial charge in [0, 0.05) is 6.54 Å². The summed E-state index contributed by atoms with van der Waals surface area (Å²) in [6, 6.07) is -1.60. The molecule has 92 valence electrons. The van der Waals surface area contributed by atoms with Gasteiger partial charge in [0.2, 0.25) is 5.91 Å². The molecule has 0 radical (unpaired) electrons. The molecule has 4 N–H and O–H groups in total. The van der Waals surface area contributed by atoms with Crippen molar-refractivity contribution in [3.05, 3.63) is 0 Å². The molecule has 0 saturated carbocycles. The third-order valence-corrected chi connectivity index (χ3v) is 1.80. The van der Waals surface area contributed by atoms with Crippen molar-refractivity contribution in [2.24, 2.45) is 0 Å². The highest BCUT2D eigenvalue weighted by molar-refractivity contribution is 5.86. The van der Waals surface area contributed by atoms with Gasteiger partial charge in [-0.3, -0.25) is 4.79 Å². The predicted octanol–water partition coefficient (Wildman–Crippen LogP) is -0.715. The molecule has 0 fully saturated rings. The summed E-state index contributed by atoms with van der Waals surface area (Å²) < 4.78 is 0. The van der Waals surface area contributed by atoms with Crippen LogP contribution < -0.4 is 16.0 Å². The Balaban J connectivity index is 3.89. The van der Waals surface area contributed by atoms with Crippen LogP contribution >= 0.6 is 0 Å². The van der Waals surface area contributed by atoms with Gasteiger partial charge >= 0.3 is 12.0 Å². The Hall–Kier alpha value is -1.79. The van der Waals surface area contributed by atoms with E-state index in [1.807, 2.05) is 0 Å². The zero-order valence-corrected chi connectivity index (χ0v) is 9.37. The first-order valence-corrected chi connectivity index (χ1v) is 5.05. The molecule has 0 aliphatic rings. The second-order valence-electron chi connectivity index (χ2n) is 3.08. The van der Waals surface area contributed by atoms with Crippen LogP contribution in [0.1, 0.15) is 20.3 Å². The van der Waals surface area contributed by atoms with E-state index in [0.717, 1.165) is 0 Å². The highest BCUT2D eigenvalue weighted by atomic mass is 16.4. The number of aliphatic carboxylic acids is 1. The highest BCUT2D eigenvalue weighted by Crippen LogP contribution is 1.89. The lowest BCUT2D eigenvalue weighted by atomic mass is 10.2. The molecule has 0 aromatic carbocycles. The largest absolute Gasteiger partial charge is 0.480 e. The summed E-state index contributed by atoms with van der Waals surface area (Å²) in [4.78, 5) is 32.7. The summed E-state index contributed by atoms with van der Waals surface area (Å²) in [6.07, 6.45) is 0.282. The Morgan fingerprint density at radius 1 is 1.19 bits per heavy atom. The second kappa shape index (κ2) is 7.49. The Morgan fingerprint density at radius 3 is 2.25 bits per heavy atom. The van der Waals surface area contributed by atoms with E-state index in [-0.39, 0.29) is 18.9 Å². The van der Waals surface area contributed by atoms with Crippen LogP contribution in [0.25, 0.3) is 0 Å². The minimum atomic E-state index is -1.10. The van der Waals surface area contributed by atoms with Crippen molar-refractivity contribution >= 4 is 17.9 Å². The fraction of sp³-hybridized carbons (Fsp3) is 0.667. The van der Waals surface area contributed by atoms with E-state index < -0.39 is 18.0 Å². The molecule has 0 aliphatic heterocycles. The Kier molecular flexibility index (Phi) is 6.66. The lowest BCUT2D eigenvalue weighted by Crippen LogP contribution is -2.48. The molecule has 0 spiro atoms. The zero-order chi connectivity index (χ0) is 12.6. The van der Waals surface area contributed by atoms with Crippen molar-refractivity contribution in [2.75, 3.05) is 13.1 Å². The molecule has 0 bridgehead atoms. The Morgan fingerprint density at radius 2 is 1.81 bits per heavy atom. The van der Waals surface area contributed by atoms with E-state index >= 15 is 0 Å². The van der Waals surface area contributed by atoms with E-state index in [4.69, 9.17) is 5.11 Å². The minimum absolute atomic E-state index is 0.171. The van der Waals surface area contributed by atoms with Gasteiger partial charge in [-0.05, 0) is 13.3 Å². The van der Waals surface area contributed by atoms with Crippen LogP contribution in [0.3, 0.4) is 0 Å². The topological polar surface area (TPSA) is 108 Å². The number of hydrogen-bond acceptors (Lipinski definition) is 3. The van der Waals surface area contributed by atoms with Crippen LogP contribution in [0.5, 0.6) is 0 Å². The van der Waals surface area contributed by atoms with Gasteiger partial charge in [0.1, 0.15) is 6.04 Å². The molecule has 0 rings (SSSR count). The third kappa shape index (κ3) is 5.84. The monoisotopic (exact) mass is 231 g/mol. The number of carbonyl (C=O) groups is 3. The number of rotatable bonds is 6. The molecule has 16 heavy (non-hydrogen) atoms. The van der Waals surface area contributed by atoms with Gasteiger partial charge in [-0.15, -0.1) is 0 Å². The molecule has 7 nitrogen and oxygen atoms in total. The standard InChI is InChI=1S/C9H17N3O4/c1-3-6(8(14)15)12-9(16)11-5-7(13)10-4-2/h6H,3-5H2,1-2H3,(H,10,13)(H,14,15)(H2,11,12,16)/t6-/m1/s1. The number of amides is 3. The van der Waals surface area contributed by atoms with Crippen molar-refractivity contribution in [2.45, 2.75) is 26.3 Å². The van der Waals surface area contributed by atoms with Gasteiger partial charge in [0.15, 0.2) is 0 Å². The van der Waals surface area contributed by atoms with Gasteiger partial charge in [0.25, 0.3) is 0 Å². The number of urea groups is 1. The van der Waals surface area contributed by atoms with Gasteiger partial charge < -0.3 is 21.1 Å². The number of carboxylic acid groups (broad SMARTS) is 1. The van der Waals surface area contributed by atoms with E-state index in [1.54, 1.807) is 13.8 Å². The summed E-state index contributed by atoms with van der Waals surface area (Å²) in [5.41, 5.74) is 0. The summed E-state index contributed by atoms with van der Waals surface area (Å²) >= 11 is 0. The van der Waals surface area contributed by atoms with Gasteiger partial charge in [-0.1, -0.05) is 6.92 Å². The number of carboxylic acids is 1. The first kappa shape index (κ1) is 14.2. The lowest BCUT2D eigenvalue weighted by molar-refractivity contribution is -0.139. The van der Waals surface area contributed by atoms with E-state index in [1.165, 1.54) is 0 Å². The molecule has 0 unspecified atom stereocenters. The van der Waals surface area contributed by atoms with Crippen LogP contribution in [0.2, 0.25) is 0 Å². The van der Waals surface area contributed by atoms with Crippen molar-refractivity contribution in [1.82, 2.24) is 16.0 Å². The van der Waals surface area contributed by atoms with Gasteiger partial charge in [-0.2, -0.15) is 0 Å². The molecule has 1 atom stereocenters. The molecule has 0 aliphatic carbocycles. The molecule has 0 saturated heterocycles. The average Bonchev–Trinajstić information content (AvgIpc) is 2.23. The molecule has 0 aromatic heterocycles. The highest BCUT2D eigenvalue weighted by Gasteiger charge is 2.17. The van der Waals surface area contributed by atoms with E-state index in [0.29, 0.717) is 6.54 Å². The molecule has 0 heterocycles. The van der Waals surface area contributed by atoms with E-state index in [2.05, 4.69) is 16.0 Å².